The van der Waals surface area contributed by atoms with Crippen molar-refractivity contribution >= 4 is 17.6 Å². The number of hydrogen-bond acceptors (Lipinski definition) is 2. The topological polar surface area (TPSA) is 66.4 Å². The van der Waals surface area contributed by atoms with Gasteiger partial charge in [-0.2, -0.15) is 13.2 Å². The lowest BCUT2D eigenvalue weighted by Crippen LogP contribution is -2.16. The molecule has 0 spiro atoms. The summed E-state index contributed by atoms with van der Waals surface area (Å²) in [6.45, 7) is 1.66. The highest BCUT2D eigenvalue weighted by Gasteiger charge is 2.30. The van der Waals surface area contributed by atoms with Crippen molar-refractivity contribution in [3.8, 4) is 0 Å². The fraction of sp³-hybridized carbons (Fsp3) is 0.263. The first-order valence-electron chi connectivity index (χ1n) is 7.93. The molecule has 0 saturated carbocycles. The first-order chi connectivity index (χ1) is 12.2. The Labute approximate surface area is 148 Å². The van der Waals surface area contributed by atoms with Gasteiger partial charge in [0.25, 0.3) is 0 Å². The summed E-state index contributed by atoms with van der Waals surface area (Å²) in [6, 6.07) is 11.4. The van der Waals surface area contributed by atoms with Crippen molar-refractivity contribution in [2.75, 3.05) is 5.32 Å². The number of carboxylic acid groups (broad SMARTS) is 1. The van der Waals surface area contributed by atoms with E-state index in [1.54, 1.807) is 37.3 Å². The molecule has 0 bridgehead atoms. The average molecular weight is 365 g/mol. The lowest BCUT2D eigenvalue weighted by Gasteiger charge is -2.15. The van der Waals surface area contributed by atoms with Gasteiger partial charge >= 0.3 is 12.1 Å². The molecule has 2 N–H and O–H groups in total. The number of carbonyl (C=O) groups excluding carboxylic acids is 1. The van der Waals surface area contributed by atoms with Crippen molar-refractivity contribution in [1.29, 1.82) is 0 Å². The van der Waals surface area contributed by atoms with E-state index < -0.39 is 29.5 Å². The minimum Gasteiger partial charge on any atom is -0.481 e. The van der Waals surface area contributed by atoms with Gasteiger partial charge in [-0.05, 0) is 29.2 Å². The van der Waals surface area contributed by atoms with Gasteiger partial charge in [0.05, 0.1) is 12.0 Å². The average Bonchev–Trinajstić information content (AvgIpc) is 2.55. The second kappa shape index (κ2) is 8.03. The molecule has 7 heteroatoms. The third-order valence-corrected chi connectivity index (χ3v) is 3.91. The minimum absolute atomic E-state index is 0.0251. The summed E-state index contributed by atoms with van der Waals surface area (Å²) in [5, 5.41) is 11.5. The normalized spacial score (nSPS) is 12.5. The number of anilines is 1. The van der Waals surface area contributed by atoms with Crippen LogP contribution in [0.15, 0.2) is 48.5 Å². The molecule has 1 atom stereocenters. The minimum atomic E-state index is -4.44. The van der Waals surface area contributed by atoms with Crippen LogP contribution in [0.1, 0.15) is 36.0 Å². The Balaban J connectivity index is 2.08. The van der Waals surface area contributed by atoms with Gasteiger partial charge in [-0.3, -0.25) is 9.59 Å². The maximum atomic E-state index is 12.8. The number of carbonyl (C=O) groups is 2. The molecule has 0 aliphatic rings. The molecule has 1 amide bonds. The smallest absolute Gasteiger partial charge is 0.416 e. The highest BCUT2D eigenvalue weighted by Crippen LogP contribution is 2.31. The summed E-state index contributed by atoms with van der Waals surface area (Å²) < 4.78 is 38.4. The Hall–Kier alpha value is -2.83. The van der Waals surface area contributed by atoms with Gasteiger partial charge in [0.2, 0.25) is 5.91 Å². The number of hydrogen-bond donors (Lipinski definition) is 2. The van der Waals surface area contributed by atoms with Crippen LogP contribution in [0.5, 0.6) is 0 Å². The van der Waals surface area contributed by atoms with E-state index in [1.807, 2.05) is 0 Å². The highest BCUT2D eigenvalue weighted by atomic mass is 19.4. The Morgan fingerprint density at radius 2 is 1.81 bits per heavy atom. The second-order valence-corrected chi connectivity index (χ2v) is 6.00. The number of rotatable bonds is 6. The van der Waals surface area contributed by atoms with E-state index in [9.17, 15) is 22.8 Å². The third kappa shape index (κ3) is 5.34. The molecule has 0 radical (unpaired) electrons. The molecule has 1 unspecified atom stereocenters. The zero-order chi connectivity index (χ0) is 19.3. The van der Waals surface area contributed by atoms with Crippen molar-refractivity contribution < 1.29 is 27.9 Å². The van der Waals surface area contributed by atoms with Gasteiger partial charge in [-0.25, -0.2) is 0 Å². The fourth-order valence-electron chi connectivity index (χ4n) is 2.58. The molecule has 0 aliphatic heterocycles. The van der Waals surface area contributed by atoms with Crippen LogP contribution in [0.4, 0.5) is 18.9 Å². The summed E-state index contributed by atoms with van der Waals surface area (Å²) >= 11 is 0. The maximum Gasteiger partial charge on any atom is 0.416 e. The van der Waals surface area contributed by atoms with Crippen LogP contribution in [0.3, 0.4) is 0 Å². The van der Waals surface area contributed by atoms with E-state index in [0.29, 0.717) is 16.8 Å². The molecule has 0 fully saturated rings. The van der Waals surface area contributed by atoms with Gasteiger partial charge in [0.1, 0.15) is 0 Å². The van der Waals surface area contributed by atoms with Gasteiger partial charge < -0.3 is 10.4 Å². The second-order valence-electron chi connectivity index (χ2n) is 6.00. The maximum absolute atomic E-state index is 12.8. The molecule has 2 rings (SSSR count). The van der Waals surface area contributed by atoms with Crippen LogP contribution >= 0.6 is 0 Å². The molecule has 26 heavy (non-hydrogen) atoms. The van der Waals surface area contributed by atoms with E-state index in [4.69, 9.17) is 5.11 Å². The number of aliphatic carboxylic acids is 1. The molecule has 0 heterocycles. The number of nitrogens with one attached hydrogen (secondary N) is 1. The predicted octanol–water partition coefficient (Wildman–Crippen LogP) is 4.46. The monoisotopic (exact) mass is 365 g/mol. The Kier molecular flexibility index (Phi) is 6.02. The molecular formula is C19H18F3NO3. The van der Waals surface area contributed by atoms with Gasteiger partial charge in [0.15, 0.2) is 0 Å². The summed E-state index contributed by atoms with van der Waals surface area (Å²) in [5.74, 6) is -1.85. The largest absolute Gasteiger partial charge is 0.481 e. The molecule has 138 valence electrons. The number of para-hydroxylation sites is 1. The highest BCUT2D eigenvalue weighted by molar-refractivity contribution is 5.92. The summed E-state index contributed by atoms with van der Waals surface area (Å²) in [5.41, 5.74) is 0.499. The quantitative estimate of drug-likeness (QED) is 0.794. The Bertz CT molecular complexity index is 803. The Morgan fingerprint density at radius 1 is 1.12 bits per heavy atom. The van der Waals surface area contributed by atoms with Crippen molar-refractivity contribution in [3.63, 3.8) is 0 Å². The fourth-order valence-corrected chi connectivity index (χ4v) is 2.58. The molecule has 0 saturated heterocycles. The zero-order valence-electron chi connectivity index (χ0n) is 14.0. The molecule has 2 aromatic carbocycles. The number of alkyl halides is 3. The molecule has 0 aromatic heterocycles. The molecule has 4 nitrogen and oxygen atoms in total. The van der Waals surface area contributed by atoms with Gasteiger partial charge in [-0.1, -0.05) is 43.3 Å². The SMILES string of the molecule is CC(CC(=O)Nc1ccccc1CC(=O)O)c1cccc(C(F)(F)F)c1. The number of amides is 1. The van der Waals surface area contributed by atoms with Crippen molar-refractivity contribution in [1.82, 2.24) is 0 Å². The van der Waals surface area contributed by atoms with E-state index in [-0.39, 0.29) is 12.8 Å². The van der Waals surface area contributed by atoms with Crippen LogP contribution in [-0.4, -0.2) is 17.0 Å². The van der Waals surface area contributed by atoms with Crippen LogP contribution < -0.4 is 5.32 Å². The van der Waals surface area contributed by atoms with Gasteiger partial charge in [0, 0.05) is 12.1 Å². The Morgan fingerprint density at radius 3 is 2.46 bits per heavy atom. The lowest BCUT2D eigenvalue weighted by atomic mass is 9.95. The predicted molar refractivity (Wildman–Crippen MR) is 90.9 cm³/mol. The molecule has 2 aromatic rings. The van der Waals surface area contributed by atoms with Crippen LogP contribution in [0.2, 0.25) is 0 Å². The zero-order valence-corrected chi connectivity index (χ0v) is 14.0. The van der Waals surface area contributed by atoms with Crippen molar-refractivity contribution in [2.24, 2.45) is 0 Å². The van der Waals surface area contributed by atoms with E-state index >= 15 is 0 Å². The number of benzene rings is 2. The molecular weight excluding hydrogens is 347 g/mol. The third-order valence-electron chi connectivity index (χ3n) is 3.91. The van der Waals surface area contributed by atoms with E-state index in [2.05, 4.69) is 5.32 Å². The van der Waals surface area contributed by atoms with Crippen LogP contribution in [0, 0.1) is 0 Å². The van der Waals surface area contributed by atoms with Crippen LogP contribution in [-0.2, 0) is 22.2 Å². The van der Waals surface area contributed by atoms with Crippen molar-refractivity contribution in [2.45, 2.75) is 31.9 Å². The lowest BCUT2D eigenvalue weighted by molar-refractivity contribution is -0.138. The van der Waals surface area contributed by atoms with Crippen molar-refractivity contribution in [3.05, 3.63) is 65.2 Å². The first-order valence-corrected chi connectivity index (χ1v) is 7.93. The number of halogens is 3. The number of carboxylic acids is 1. The van der Waals surface area contributed by atoms with Crippen LogP contribution in [0.25, 0.3) is 0 Å². The van der Waals surface area contributed by atoms with E-state index in [0.717, 1.165) is 12.1 Å². The van der Waals surface area contributed by atoms with Gasteiger partial charge in [-0.15, -0.1) is 0 Å². The van der Waals surface area contributed by atoms with E-state index in [1.165, 1.54) is 6.07 Å². The summed E-state index contributed by atoms with van der Waals surface area (Å²) in [7, 11) is 0. The summed E-state index contributed by atoms with van der Waals surface area (Å²) in [6.07, 6.45) is -4.70. The summed E-state index contributed by atoms with van der Waals surface area (Å²) in [4.78, 5) is 23.1. The standard InChI is InChI=1S/C19H18F3NO3/c1-12(13-6-4-7-15(10-13)19(20,21)22)9-17(24)23-16-8-3-2-5-14(16)11-18(25)26/h2-8,10,12H,9,11H2,1H3,(H,23,24)(H,25,26). The molecule has 0 aliphatic carbocycles. The first kappa shape index (κ1) is 19.5.